The summed E-state index contributed by atoms with van der Waals surface area (Å²) in [5.74, 6) is 0.202. The van der Waals surface area contributed by atoms with E-state index in [1.165, 1.54) is 5.01 Å². The number of aromatic nitrogens is 2. The summed E-state index contributed by atoms with van der Waals surface area (Å²) < 4.78 is 0.953. The lowest BCUT2D eigenvalue weighted by atomic mass is 10.1. The van der Waals surface area contributed by atoms with Crippen LogP contribution in [0.2, 0.25) is 0 Å². The highest BCUT2D eigenvalue weighted by atomic mass is 79.9. The molecule has 0 N–H and O–H groups in total. The molecule has 1 aliphatic rings. The first-order valence-corrected chi connectivity index (χ1v) is 8.31. The minimum Gasteiger partial charge on any atom is -0.272 e. The van der Waals surface area contributed by atoms with E-state index in [1.54, 1.807) is 0 Å². The number of hydrazone groups is 1. The Morgan fingerprint density at radius 1 is 1.08 bits per heavy atom. The van der Waals surface area contributed by atoms with Gasteiger partial charge in [-0.15, -0.1) is 0 Å². The normalized spacial score (nSPS) is 14.3. The zero-order valence-electron chi connectivity index (χ0n) is 12.9. The third kappa shape index (κ3) is 2.59. The van der Waals surface area contributed by atoms with Crippen LogP contribution in [0.25, 0.3) is 22.2 Å². The molecule has 0 atom stereocenters. The number of rotatable bonds is 2. The first kappa shape index (κ1) is 15.0. The molecule has 0 spiro atoms. The third-order valence-corrected chi connectivity index (χ3v) is 4.29. The van der Waals surface area contributed by atoms with E-state index >= 15 is 0 Å². The lowest BCUT2D eigenvalue weighted by Gasteiger charge is -2.13. The van der Waals surface area contributed by atoms with Gasteiger partial charge in [0.2, 0.25) is 0 Å². The van der Waals surface area contributed by atoms with Crippen LogP contribution in [0.4, 0.5) is 5.95 Å². The zero-order valence-corrected chi connectivity index (χ0v) is 14.5. The van der Waals surface area contributed by atoms with Gasteiger partial charge in [-0.1, -0.05) is 46.3 Å². The summed E-state index contributed by atoms with van der Waals surface area (Å²) in [5, 5.41) is 6.48. The number of hydrogen-bond donors (Lipinski definition) is 0. The van der Waals surface area contributed by atoms with E-state index in [0.717, 1.165) is 32.3 Å². The Balaban J connectivity index is 1.98. The summed E-state index contributed by atoms with van der Waals surface area (Å²) >= 11 is 3.50. The van der Waals surface area contributed by atoms with Gasteiger partial charge in [-0.3, -0.25) is 4.79 Å². The van der Waals surface area contributed by atoms with Crippen LogP contribution in [0.1, 0.15) is 13.3 Å². The summed E-state index contributed by atoms with van der Waals surface area (Å²) in [4.78, 5) is 21.3. The Labute approximate surface area is 147 Å². The molecule has 0 fully saturated rings. The number of fused-ring (bicyclic) bond motifs is 1. The molecule has 4 rings (SSSR count). The van der Waals surface area contributed by atoms with Gasteiger partial charge >= 0.3 is 0 Å². The minimum absolute atomic E-state index is 0.108. The fourth-order valence-corrected chi connectivity index (χ4v) is 3.07. The molecule has 0 aliphatic carbocycles. The number of hydrogen-bond acceptors (Lipinski definition) is 4. The van der Waals surface area contributed by atoms with E-state index < -0.39 is 0 Å². The smallest absolute Gasteiger partial charge is 0.255 e. The van der Waals surface area contributed by atoms with Crippen molar-refractivity contribution in [2.24, 2.45) is 5.10 Å². The average Bonchev–Trinajstić information content (AvgIpc) is 2.93. The van der Waals surface area contributed by atoms with Crippen molar-refractivity contribution in [2.75, 3.05) is 5.01 Å². The highest BCUT2D eigenvalue weighted by Gasteiger charge is 2.26. The van der Waals surface area contributed by atoms with Crippen LogP contribution in [0.15, 0.2) is 58.1 Å². The van der Waals surface area contributed by atoms with Gasteiger partial charge in [0.25, 0.3) is 11.9 Å². The lowest BCUT2D eigenvalue weighted by molar-refractivity contribution is -0.117. The van der Waals surface area contributed by atoms with Crippen molar-refractivity contribution in [3.8, 4) is 11.3 Å². The summed E-state index contributed by atoms with van der Waals surface area (Å²) in [7, 11) is 0. The molecule has 1 aromatic heterocycles. The van der Waals surface area contributed by atoms with Gasteiger partial charge < -0.3 is 0 Å². The number of anilines is 1. The Hall–Kier alpha value is -2.60. The van der Waals surface area contributed by atoms with Gasteiger partial charge in [0, 0.05) is 21.1 Å². The molecular formula is C18H13BrN4O. The van der Waals surface area contributed by atoms with E-state index in [-0.39, 0.29) is 5.91 Å². The molecule has 0 saturated carbocycles. The van der Waals surface area contributed by atoms with E-state index in [0.29, 0.717) is 12.4 Å². The molecule has 6 heteroatoms. The van der Waals surface area contributed by atoms with Crippen molar-refractivity contribution < 1.29 is 4.79 Å². The summed E-state index contributed by atoms with van der Waals surface area (Å²) in [5.41, 5.74) is 3.29. The van der Waals surface area contributed by atoms with Crippen LogP contribution in [-0.2, 0) is 4.79 Å². The van der Waals surface area contributed by atoms with Crippen molar-refractivity contribution >= 4 is 44.4 Å². The molecule has 24 heavy (non-hydrogen) atoms. The zero-order chi connectivity index (χ0) is 16.7. The monoisotopic (exact) mass is 380 g/mol. The second-order valence-electron chi connectivity index (χ2n) is 5.62. The van der Waals surface area contributed by atoms with Crippen molar-refractivity contribution in [2.45, 2.75) is 13.3 Å². The van der Waals surface area contributed by atoms with Crippen LogP contribution >= 0.6 is 15.9 Å². The number of benzene rings is 2. The van der Waals surface area contributed by atoms with Crippen LogP contribution < -0.4 is 5.01 Å². The fourth-order valence-electron chi connectivity index (χ4n) is 2.71. The molecule has 1 aliphatic heterocycles. The Morgan fingerprint density at radius 3 is 2.58 bits per heavy atom. The molecule has 2 aromatic carbocycles. The maximum absolute atomic E-state index is 12.1. The predicted molar refractivity (Wildman–Crippen MR) is 97.9 cm³/mol. The Bertz CT molecular complexity index is 985. The van der Waals surface area contributed by atoms with Crippen molar-refractivity contribution in [3.63, 3.8) is 0 Å². The van der Waals surface area contributed by atoms with Crippen molar-refractivity contribution in [3.05, 3.63) is 53.0 Å². The minimum atomic E-state index is -0.108. The van der Waals surface area contributed by atoms with Gasteiger partial charge in [0.05, 0.1) is 17.6 Å². The standard InChI is InChI=1S/C18H13BrN4O/c1-11-9-16(24)23(22-11)18-20-15-8-7-13(19)10-14(15)17(21-18)12-5-3-2-4-6-12/h2-8,10H,9H2,1H3. The first-order valence-electron chi connectivity index (χ1n) is 7.51. The van der Waals surface area contributed by atoms with Crippen LogP contribution in [-0.4, -0.2) is 21.6 Å². The molecule has 2 heterocycles. The van der Waals surface area contributed by atoms with E-state index in [9.17, 15) is 4.79 Å². The van der Waals surface area contributed by atoms with Crippen LogP contribution in [0.5, 0.6) is 0 Å². The predicted octanol–water partition coefficient (Wildman–Crippen LogP) is 4.17. The molecule has 1 amide bonds. The molecule has 0 radical (unpaired) electrons. The second-order valence-corrected chi connectivity index (χ2v) is 6.53. The van der Waals surface area contributed by atoms with Crippen LogP contribution in [0.3, 0.4) is 0 Å². The SMILES string of the molecule is CC1=NN(c2nc(-c3ccccc3)c3cc(Br)ccc3n2)C(=O)C1. The van der Waals surface area contributed by atoms with E-state index in [2.05, 4.69) is 31.0 Å². The highest BCUT2D eigenvalue weighted by molar-refractivity contribution is 9.10. The molecule has 118 valence electrons. The molecule has 3 aromatic rings. The Kier molecular flexibility index (Phi) is 3.61. The number of nitrogens with zero attached hydrogens (tertiary/aromatic N) is 4. The number of amides is 1. The first-order chi connectivity index (χ1) is 11.6. The number of carbonyl (C=O) groups is 1. The van der Waals surface area contributed by atoms with E-state index in [4.69, 9.17) is 0 Å². The van der Waals surface area contributed by atoms with Gasteiger partial charge in [-0.25, -0.2) is 9.97 Å². The number of carbonyl (C=O) groups excluding carboxylic acids is 1. The lowest BCUT2D eigenvalue weighted by Crippen LogP contribution is -2.22. The van der Waals surface area contributed by atoms with E-state index in [1.807, 2.05) is 55.5 Å². The third-order valence-electron chi connectivity index (χ3n) is 3.80. The summed E-state index contributed by atoms with van der Waals surface area (Å²) in [6.45, 7) is 1.83. The molecule has 0 unspecified atom stereocenters. The maximum atomic E-state index is 12.1. The molecule has 5 nitrogen and oxygen atoms in total. The molecule has 0 saturated heterocycles. The highest BCUT2D eigenvalue weighted by Crippen LogP contribution is 2.31. The summed E-state index contributed by atoms with van der Waals surface area (Å²) in [6.07, 6.45) is 0.308. The average molecular weight is 381 g/mol. The molecular weight excluding hydrogens is 368 g/mol. The van der Waals surface area contributed by atoms with Gasteiger partial charge in [-0.2, -0.15) is 10.1 Å². The second kappa shape index (κ2) is 5.79. The van der Waals surface area contributed by atoms with Crippen LogP contribution in [0, 0.1) is 0 Å². The molecule has 0 bridgehead atoms. The van der Waals surface area contributed by atoms with Gasteiger partial charge in [-0.05, 0) is 25.1 Å². The quantitative estimate of drug-likeness (QED) is 0.670. The summed E-state index contributed by atoms with van der Waals surface area (Å²) in [6, 6.07) is 15.7. The van der Waals surface area contributed by atoms with Crippen molar-refractivity contribution in [1.82, 2.24) is 9.97 Å². The topological polar surface area (TPSA) is 58.5 Å². The van der Waals surface area contributed by atoms with Gasteiger partial charge in [0.15, 0.2) is 0 Å². The van der Waals surface area contributed by atoms with Gasteiger partial charge in [0.1, 0.15) is 0 Å². The maximum Gasteiger partial charge on any atom is 0.255 e. The Morgan fingerprint density at radius 2 is 1.88 bits per heavy atom. The number of halogens is 1. The largest absolute Gasteiger partial charge is 0.272 e. The van der Waals surface area contributed by atoms with Crippen molar-refractivity contribution in [1.29, 1.82) is 0 Å². The fraction of sp³-hybridized carbons (Fsp3) is 0.111.